The molecule has 4 rings (SSSR count). The molecule has 0 radical (unpaired) electrons. The van der Waals surface area contributed by atoms with Crippen LogP contribution in [0.4, 0.5) is 5.82 Å². The maximum atomic E-state index is 12.2. The molecule has 2 aromatic rings. The van der Waals surface area contributed by atoms with Crippen molar-refractivity contribution < 1.29 is 67.3 Å². The number of nitrogens with two attached hydrogens (primary N) is 1. The van der Waals surface area contributed by atoms with Crippen molar-refractivity contribution >= 4 is 32.6 Å². The van der Waals surface area contributed by atoms with Gasteiger partial charge in [-0.3, -0.25) is 13.6 Å². The zero-order chi connectivity index (χ0) is 26.4. The van der Waals surface area contributed by atoms with E-state index in [0.29, 0.717) is 0 Å². The van der Waals surface area contributed by atoms with Gasteiger partial charge in [-0.25, -0.2) is 24.1 Å². The lowest BCUT2D eigenvalue weighted by Gasteiger charge is -2.20. The van der Waals surface area contributed by atoms with Gasteiger partial charge in [-0.2, -0.15) is 4.31 Å². The summed E-state index contributed by atoms with van der Waals surface area (Å²) < 4.78 is 48.8. The Morgan fingerprint density at radius 1 is 0.889 bits per heavy atom. The molecule has 6 unspecified atom stereocenters. The van der Waals surface area contributed by atoms with Crippen LogP contribution in [0, 0.1) is 0 Å². The van der Waals surface area contributed by atoms with E-state index in [0.717, 1.165) is 6.33 Å². The zero-order valence-corrected chi connectivity index (χ0v) is 19.7. The minimum Gasteiger partial charge on any atom is -0.387 e. The molecular weight excluding hydrogens is 536 g/mol. The first-order valence-corrected chi connectivity index (χ1v) is 13.1. The van der Waals surface area contributed by atoms with Crippen molar-refractivity contribution in [2.75, 3.05) is 18.9 Å². The minimum atomic E-state index is -5.31. The molecule has 0 aromatic carbocycles. The summed E-state index contributed by atoms with van der Waals surface area (Å²) in [4.78, 5) is 31.3. The summed E-state index contributed by atoms with van der Waals surface area (Å²) >= 11 is 0. The number of anilines is 1. The Morgan fingerprint density at radius 3 is 2.06 bits per heavy atom. The molecule has 2 aromatic heterocycles. The van der Waals surface area contributed by atoms with Crippen LogP contribution in [0.2, 0.25) is 0 Å². The highest BCUT2D eigenvalue weighted by Gasteiger charge is 2.47. The van der Waals surface area contributed by atoms with Crippen molar-refractivity contribution in [3.05, 3.63) is 12.7 Å². The number of imidazole rings is 1. The second-order valence-corrected chi connectivity index (χ2v) is 10.8. The number of nitrogen functional groups attached to an aromatic ring is 1. The highest BCUT2D eigenvalue weighted by atomic mass is 31.3. The van der Waals surface area contributed by atoms with E-state index in [2.05, 4.69) is 28.3 Å². The van der Waals surface area contributed by atoms with Gasteiger partial charge in [0.15, 0.2) is 24.0 Å². The van der Waals surface area contributed by atoms with E-state index in [-0.39, 0.29) is 17.0 Å². The van der Waals surface area contributed by atoms with E-state index in [9.17, 15) is 44.4 Å². The number of aliphatic hydroxyl groups is 5. The van der Waals surface area contributed by atoms with Crippen LogP contribution in [0.15, 0.2) is 12.7 Å². The van der Waals surface area contributed by atoms with Gasteiger partial charge < -0.3 is 50.5 Å². The van der Waals surface area contributed by atoms with Gasteiger partial charge in [-0.15, -0.1) is 0 Å². The SMILES string of the molecule is Nc1ncnc2c1ncn2[C@@H]1O[C@H](COP(=O)(O)OP(=O)(O)OC[C@@H]2O[C@H](O)C(O)C2O)C(O)C1O. The molecule has 2 aliphatic rings. The molecule has 36 heavy (non-hydrogen) atoms. The highest BCUT2D eigenvalue weighted by molar-refractivity contribution is 7.61. The van der Waals surface area contributed by atoms with Gasteiger partial charge in [0.25, 0.3) is 0 Å². The van der Waals surface area contributed by atoms with Gasteiger partial charge in [0, 0.05) is 0 Å². The highest BCUT2D eigenvalue weighted by Crippen LogP contribution is 2.60. The monoisotopic (exact) mass is 559 g/mol. The molecule has 0 aliphatic carbocycles. The number of fused-ring (bicyclic) bond motifs is 1. The van der Waals surface area contributed by atoms with Crippen molar-refractivity contribution in [3.8, 4) is 0 Å². The van der Waals surface area contributed by atoms with Crippen LogP contribution < -0.4 is 5.73 Å². The van der Waals surface area contributed by atoms with Crippen molar-refractivity contribution in [1.82, 2.24) is 19.5 Å². The van der Waals surface area contributed by atoms with Gasteiger partial charge in [0.05, 0.1) is 19.5 Å². The number of phosphoric acid groups is 2. The number of aromatic nitrogens is 4. The lowest BCUT2D eigenvalue weighted by molar-refractivity contribution is -0.132. The number of hydrogen-bond acceptors (Lipinski definition) is 16. The molecule has 10 atom stereocenters. The largest absolute Gasteiger partial charge is 0.481 e. The smallest absolute Gasteiger partial charge is 0.387 e. The molecule has 2 aliphatic heterocycles. The van der Waals surface area contributed by atoms with Crippen molar-refractivity contribution in [2.45, 2.75) is 49.1 Å². The van der Waals surface area contributed by atoms with Crippen LogP contribution in [0.25, 0.3) is 11.2 Å². The summed E-state index contributed by atoms with van der Waals surface area (Å²) in [7, 11) is -10.6. The van der Waals surface area contributed by atoms with Crippen LogP contribution in [0.3, 0.4) is 0 Å². The molecule has 0 bridgehead atoms. The third kappa shape index (κ3) is 5.59. The van der Waals surface area contributed by atoms with Gasteiger partial charge in [0.1, 0.15) is 48.5 Å². The summed E-state index contributed by atoms with van der Waals surface area (Å²) in [6, 6.07) is 0. The minimum absolute atomic E-state index is 0.0575. The van der Waals surface area contributed by atoms with Gasteiger partial charge >= 0.3 is 15.6 Å². The van der Waals surface area contributed by atoms with E-state index < -0.39 is 78.0 Å². The van der Waals surface area contributed by atoms with E-state index in [1.807, 2.05) is 0 Å². The molecule has 19 nitrogen and oxygen atoms in total. The van der Waals surface area contributed by atoms with Crippen LogP contribution >= 0.6 is 15.6 Å². The maximum absolute atomic E-state index is 12.2. The van der Waals surface area contributed by atoms with E-state index in [1.165, 1.54) is 10.9 Å². The molecule has 9 N–H and O–H groups in total. The molecular formula is C15H23N5O14P2. The molecule has 2 saturated heterocycles. The summed E-state index contributed by atoms with van der Waals surface area (Å²) in [5, 5.41) is 49.0. The normalized spacial score (nSPS) is 36.2. The zero-order valence-electron chi connectivity index (χ0n) is 17.9. The predicted molar refractivity (Wildman–Crippen MR) is 111 cm³/mol. The Hall–Kier alpha value is -1.67. The fourth-order valence-corrected chi connectivity index (χ4v) is 5.62. The fraction of sp³-hybridized carbons (Fsp3) is 0.667. The third-order valence-corrected chi connectivity index (χ3v) is 7.95. The molecule has 4 heterocycles. The number of hydrogen-bond donors (Lipinski definition) is 8. The second kappa shape index (κ2) is 10.2. The molecule has 2 fully saturated rings. The van der Waals surface area contributed by atoms with Crippen LogP contribution in [0.5, 0.6) is 0 Å². The Bertz CT molecular complexity index is 1180. The molecule has 0 spiro atoms. The number of ether oxygens (including phenoxy) is 2. The Balaban J connectivity index is 1.34. The first-order chi connectivity index (χ1) is 16.8. The van der Waals surface area contributed by atoms with Crippen molar-refractivity contribution in [1.29, 1.82) is 0 Å². The maximum Gasteiger partial charge on any atom is 0.481 e. The fourth-order valence-electron chi connectivity index (χ4n) is 3.53. The average molecular weight is 559 g/mol. The Morgan fingerprint density at radius 2 is 1.47 bits per heavy atom. The van der Waals surface area contributed by atoms with Gasteiger partial charge in [-0.1, -0.05) is 0 Å². The van der Waals surface area contributed by atoms with Crippen LogP contribution in [0.1, 0.15) is 6.23 Å². The van der Waals surface area contributed by atoms with Gasteiger partial charge in [-0.05, 0) is 0 Å². The standard InChI is InChI=1S/C15H23N5O14P2/c16-12-7-13(18-3-17-12)20(4-19-7)14-10(23)8(21)5(32-14)1-30-35(26,27)34-36(28,29)31-2-6-9(22)11(24)15(25)33-6/h3-6,8-11,14-15,21-25H,1-2H2,(H,26,27)(H,28,29)(H2,16,17,18)/t5-,6+,8?,9?,10?,11?,14-,15+/m1/s1. The predicted octanol–water partition coefficient (Wildman–Crippen LogP) is -3.28. The summed E-state index contributed by atoms with van der Waals surface area (Å²) in [5.41, 5.74) is 6.09. The number of aliphatic hydroxyl groups excluding tert-OH is 5. The molecule has 202 valence electrons. The number of rotatable bonds is 9. The summed E-state index contributed by atoms with van der Waals surface area (Å²) in [5.74, 6) is 0.0575. The lowest BCUT2D eigenvalue weighted by Crippen LogP contribution is -2.34. The Kier molecular flexibility index (Phi) is 7.78. The summed E-state index contributed by atoms with van der Waals surface area (Å²) in [6.45, 7) is -1.79. The number of nitrogens with zero attached hydrogens (tertiary/aromatic N) is 4. The van der Waals surface area contributed by atoms with Crippen LogP contribution in [-0.2, 0) is 32.0 Å². The van der Waals surface area contributed by atoms with E-state index in [4.69, 9.17) is 15.2 Å². The van der Waals surface area contributed by atoms with E-state index >= 15 is 0 Å². The Labute approximate surface area is 200 Å². The molecule has 0 amide bonds. The molecule has 0 saturated carbocycles. The van der Waals surface area contributed by atoms with Gasteiger partial charge in [0.2, 0.25) is 0 Å². The quantitative estimate of drug-likeness (QED) is 0.140. The first kappa shape index (κ1) is 27.4. The van der Waals surface area contributed by atoms with E-state index in [1.54, 1.807) is 0 Å². The number of phosphoric ester groups is 2. The summed E-state index contributed by atoms with van der Waals surface area (Å²) in [6.07, 6.45) is -10.1. The van der Waals surface area contributed by atoms with Crippen LogP contribution in [-0.4, -0.2) is 111 Å². The molecule has 21 heteroatoms. The van der Waals surface area contributed by atoms with Crippen molar-refractivity contribution in [2.24, 2.45) is 0 Å². The lowest BCUT2D eigenvalue weighted by atomic mass is 10.1. The topological polar surface area (TPSA) is 292 Å². The van der Waals surface area contributed by atoms with Crippen molar-refractivity contribution in [3.63, 3.8) is 0 Å². The second-order valence-electron chi connectivity index (χ2n) is 7.79. The first-order valence-electron chi connectivity index (χ1n) is 10.1. The third-order valence-electron chi connectivity index (χ3n) is 5.35. The average Bonchev–Trinajstić information content (AvgIpc) is 3.42.